The molecule has 100 valence electrons. The molecule has 3 fully saturated rings. The van der Waals surface area contributed by atoms with Crippen molar-refractivity contribution >= 4 is 6.09 Å². The molecule has 1 amide bonds. The van der Waals surface area contributed by atoms with Gasteiger partial charge in [-0.3, -0.25) is 9.80 Å². The Balaban J connectivity index is 1.57. The maximum atomic E-state index is 11.7. The molecule has 2 bridgehead atoms. The van der Waals surface area contributed by atoms with Gasteiger partial charge in [-0.2, -0.15) is 0 Å². The van der Waals surface area contributed by atoms with Crippen LogP contribution in [0.4, 0.5) is 4.79 Å². The third kappa shape index (κ3) is 1.74. The van der Waals surface area contributed by atoms with E-state index in [0.717, 1.165) is 13.1 Å². The molecule has 3 atom stereocenters. The van der Waals surface area contributed by atoms with Crippen molar-refractivity contribution < 1.29 is 9.53 Å². The highest BCUT2D eigenvalue weighted by atomic mass is 16.6. The van der Waals surface area contributed by atoms with Gasteiger partial charge in [0.25, 0.3) is 0 Å². The Labute approximate surface area is 112 Å². The number of rotatable bonds is 2. The third-order valence-corrected chi connectivity index (χ3v) is 4.76. The van der Waals surface area contributed by atoms with Gasteiger partial charge >= 0.3 is 6.09 Å². The standard InChI is InChI=1S/C15H18N2O2/c18-15-17-9-12-6-7-13(14(17)10-19-15)16(12)8-11-4-2-1-3-5-11/h1-5,12-14H,6-10H2/t12-,13+,14?/m0/s1. The van der Waals surface area contributed by atoms with Gasteiger partial charge in [-0.05, 0) is 18.4 Å². The molecule has 0 aromatic heterocycles. The lowest BCUT2D eigenvalue weighted by Crippen LogP contribution is -2.58. The van der Waals surface area contributed by atoms with Gasteiger partial charge in [-0.25, -0.2) is 4.79 Å². The van der Waals surface area contributed by atoms with E-state index in [2.05, 4.69) is 35.2 Å². The van der Waals surface area contributed by atoms with Gasteiger partial charge in [0, 0.05) is 25.2 Å². The van der Waals surface area contributed by atoms with E-state index < -0.39 is 0 Å². The molecule has 1 aromatic rings. The smallest absolute Gasteiger partial charge is 0.410 e. The average molecular weight is 258 g/mol. The van der Waals surface area contributed by atoms with Gasteiger partial charge in [-0.1, -0.05) is 30.3 Å². The second-order valence-electron chi connectivity index (χ2n) is 5.75. The SMILES string of the molecule is O=C1OCC2[C@H]3CC[C@@H](CN12)N3Cc1ccccc1. The van der Waals surface area contributed by atoms with Gasteiger partial charge in [0.15, 0.2) is 0 Å². The quantitative estimate of drug-likeness (QED) is 0.811. The van der Waals surface area contributed by atoms with Crippen LogP contribution in [0.15, 0.2) is 30.3 Å². The average Bonchev–Trinajstić information content (AvgIpc) is 2.93. The first-order chi connectivity index (χ1) is 9.33. The molecule has 3 aliphatic heterocycles. The third-order valence-electron chi connectivity index (χ3n) is 4.76. The molecule has 3 aliphatic rings. The van der Waals surface area contributed by atoms with Crippen molar-refractivity contribution in [3.8, 4) is 0 Å². The summed E-state index contributed by atoms with van der Waals surface area (Å²) in [6.07, 6.45) is 2.29. The fraction of sp³-hybridized carbons (Fsp3) is 0.533. The normalized spacial score (nSPS) is 33.4. The van der Waals surface area contributed by atoms with E-state index in [-0.39, 0.29) is 12.1 Å². The number of hydrogen-bond acceptors (Lipinski definition) is 3. The number of fused-ring (bicyclic) bond motifs is 4. The van der Waals surface area contributed by atoms with Gasteiger partial charge < -0.3 is 4.74 Å². The van der Waals surface area contributed by atoms with Crippen molar-refractivity contribution in [1.29, 1.82) is 0 Å². The second kappa shape index (κ2) is 4.23. The Bertz CT molecular complexity index is 490. The monoisotopic (exact) mass is 258 g/mol. The number of carbonyl (C=O) groups is 1. The Kier molecular flexibility index (Phi) is 2.52. The maximum Gasteiger partial charge on any atom is 0.410 e. The summed E-state index contributed by atoms with van der Waals surface area (Å²) in [6, 6.07) is 11.9. The lowest BCUT2D eigenvalue weighted by atomic mass is 10.0. The highest BCUT2D eigenvalue weighted by molar-refractivity contribution is 5.70. The molecule has 0 aliphatic carbocycles. The van der Waals surface area contributed by atoms with E-state index in [1.165, 1.54) is 18.4 Å². The zero-order chi connectivity index (χ0) is 12.8. The molecule has 0 saturated carbocycles. The van der Waals surface area contributed by atoms with Crippen LogP contribution in [0.2, 0.25) is 0 Å². The summed E-state index contributed by atoms with van der Waals surface area (Å²) in [5, 5.41) is 0. The predicted molar refractivity (Wildman–Crippen MR) is 70.6 cm³/mol. The molecule has 1 unspecified atom stereocenters. The first-order valence-electron chi connectivity index (χ1n) is 7.06. The number of carbonyl (C=O) groups excluding carboxylic acids is 1. The van der Waals surface area contributed by atoms with Crippen LogP contribution in [0, 0.1) is 0 Å². The zero-order valence-electron chi connectivity index (χ0n) is 10.9. The largest absolute Gasteiger partial charge is 0.447 e. The molecular weight excluding hydrogens is 240 g/mol. The number of benzene rings is 1. The molecule has 3 saturated heterocycles. The summed E-state index contributed by atoms with van der Waals surface area (Å²) in [4.78, 5) is 16.2. The fourth-order valence-corrected chi connectivity index (χ4v) is 3.84. The minimum absolute atomic E-state index is 0.110. The van der Waals surface area contributed by atoms with Crippen LogP contribution in [-0.2, 0) is 11.3 Å². The van der Waals surface area contributed by atoms with E-state index >= 15 is 0 Å². The minimum atomic E-state index is -0.110. The lowest BCUT2D eigenvalue weighted by Gasteiger charge is -2.42. The van der Waals surface area contributed by atoms with Crippen LogP contribution < -0.4 is 0 Å². The Morgan fingerprint density at radius 3 is 2.84 bits per heavy atom. The molecule has 0 radical (unpaired) electrons. The topological polar surface area (TPSA) is 32.8 Å². The Morgan fingerprint density at radius 2 is 2.00 bits per heavy atom. The number of ether oxygens (including phenoxy) is 1. The van der Waals surface area contributed by atoms with Crippen molar-refractivity contribution in [1.82, 2.24) is 9.80 Å². The lowest BCUT2D eigenvalue weighted by molar-refractivity contribution is 0.0522. The number of nitrogens with zero attached hydrogens (tertiary/aromatic N) is 2. The second-order valence-corrected chi connectivity index (χ2v) is 5.75. The molecular formula is C15H18N2O2. The van der Waals surface area contributed by atoms with E-state index in [4.69, 9.17) is 4.74 Å². The summed E-state index contributed by atoms with van der Waals surface area (Å²) in [5.74, 6) is 0. The van der Waals surface area contributed by atoms with Crippen molar-refractivity contribution in [3.05, 3.63) is 35.9 Å². The molecule has 4 nitrogen and oxygen atoms in total. The van der Waals surface area contributed by atoms with E-state index in [9.17, 15) is 4.79 Å². The summed E-state index contributed by atoms with van der Waals surface area (Å²) in [6.45, 7) is 2.41. The molecule has 4 heteroatoms. The van der Waals surface area contributed by atoms with Crippen molar-refractivity contribution in [2.45, 2.75) is 37.5 Å². The van der Waals surface area contributed by atoms with Gasteiger partial charge in [0.2, 0.25) is 0 Å². The van der Waals surface area contributed by atoms with Crippen LogP contribution in [0.3, 0.4) is 0 Å². The molecule has 3 heterocycles. The van der Waals surface area contributed by atoms with Gasteiger partial charge in [-0.15, -0.1) is 0 Å². The van der Waals surface area contributed by atoms with Crippen molar-refractivity contribution in [2.24, 2.45) is 0 Å². The number of piperazine rings is 1. The summed E-state index contributed by atoms with van der Waals surface area (Å²) < 4.78 is 5.21. The molecule has 0 spiro atoms. The highest BCUT2D eigenvalue weighted by Gasteiger charge is 2.51. The summed E-state index contributed by atoms with van der Waals surface area (Å²) in [5.41, 5.74) is 1.36. The van der Waals surface area contributed by atoms with E-state index in [1.54, 1.807) is 0 Å². The van der Waals surface area contributed by atoms with E-state index in [0.29, 0.717) is 18.7 Å². The van der Waals surface area contributed by atoms with Crippen LogP contribution in [-0.4, -0.2) is 47.2 Å². The Hall–Kier alpha value is -1.55. The van der Waals surface area contributed by atoms with Crippen LogP contribution in [0.1, 0.15) is 18.4 Å². The number of hydrogen-bond donors (Lipinski definition) is 0. The zero-order valence-corrected chi connectivity index (χ0v) is 10.9. The van der Waals surface area contributed by atoms with Crippen molar-refractivity contribution in [3.63, 3.8) is 0 Å². The van der Waals surface area contributed by atoms with Crippen LogP contribution in [0.25, 0.3) is 0 Å². The summed E-state index contributed by atoms with van der Waals surface area (Å²) in [7, 11) is 0. The predicted octanol–water partition coefficient (Wildman–Crippen LogP) is 1.85. The van der Waals surface area contributed by atoms with Crippen LogP contribution >= 0.6 is 0 Å². The van der Waals surface area contributed by atoms with Crippen molar-refractivity contribution in [2.75, 3.05) is 13.2 Å². The highest BCUT2D eigenvalue weighted by Crippen LogP contribution is 2.37. The molecule has 4 rings (SSSR count). The molecule has 19 heavy (non-hydrogen) atoms. The minimum Gasteiger partial charge on any atom is -0.447 e. The van der Waals surface area contributed by atoms with Gasteiger partial charge in [0.05, 0.1) is 6.04 Å². The van der Waals surface area contributed by atoms with E-state index in [1.807, 2.05) is 4.90 Å². The molecule has 0 N–H and O–H groups in total. The van der Waals surface area contributed by atoms with Crippen LogP contribution in [0.5, 0.6) is 0 Å². The first-order valence-corrected chi connectivity index (χ1v) is 7.06. The number of amides is 1. The first kappa shape index (κ1) is 11.3. The fourth-order valence-electron chi connectivity index (χ4n) is 3.84. The van der Waals surface area contributed by atoms with Gasteiger partial charge in [0.1, 0.15) is 6.61 Å². The Morgan fingerprint density at radius 1 is 1.16 bits per heavy atom. The number of cyclic esters (lactones) is 1. The summed E-state index contributed by atoms with van der Waals surface area (Å²) >= 11 is 0. The maximum absolute atomic E-state index is 11.7. The molecule has 1 aromatic carbocycles.